The summed E-state index contributed by atoms with van der Waals surface area (Å²) in [5.41, 5.74) is -0.0215. The van der Waals surface area contributed by atoms with Crippen LogP contribution in [0.25, 0.3) is 0 Å². The molecule has 0 aliphatic carbocycles. The molecule has 0 radical (unpaired) electrons. The zero-order chi connectivity index (χ0) is 17.7. The standard InChI is InChI=1S/C15H28N2O4S2/c1-5-21-14(18)9-7-6-8-12(22-16-19)10-11-13(23-17-20)15(2,3)4/h12-13H,5-11H2,1-4H3. The number of hydrogen-bond donors (Lipinski definition) is 0. The van der Waals surface area contributed by atoms with E-state index in [1.165, 1.54) is 0 Å². The van der Waals surface area contributed by atoms with E-state index < -0.39 is 0 Å². The third-order valence-corrected chi connectivity index (χ3v) is 5.68. The normalized spacial score (nSPS) is 14.1. The number of nitrogens with zero attached hydrogens (tertiary/aromatic N) is 2. The fourth-order valence-corrected chi connectivity index (χ4v) is 3.52. The minimum absolute atomic E-state index is 0.0215. The molecule has 2 unspecified atom stereocenters. The van der Waals surface area contributed by atoms with Crippen LogP contribution >= 0.6 is 23.9 Å². The number of ether oxygens (including phenoxy) is 1. The van der Waals surface area contributed by atoms with Crippen molar-refractivity contribution in [3.8, 4) is 0 Å². The maximum Gasteiger partial charge on any atom is 0.305 e. The molecule has 0 saturated carbocycles. The summed E-state index contributed by atoms with van der Waals surface area (Å²) in [5, 5.41) is 0.237. The highest BCUT2D eigenvalue weighted by atomic mass is 32.2. The number of unbranched alkanes of at least 4 members (excludes halogenated alkanes) is 1. The number of esters is 1. The molecular formula is C15H28N2O4S2. The molecule has 0 bridgehead atoms. The molecule has 0 rings (SSSR count). The molecule has 8 heteroatoms. The molecule has 0 N–H and O–H groups in total. The van der Waals surface area contributed by atoms with Crippen LogP contribution in [0.1, 0.15) is 66.2 Å². The van der Waals surface area contributed by atoms with Gasteiger partial charge in [0.05, 0.1) is 6.61 Å². The van der Waals surface area contributed by atoms with Gasteiger partial charge in [0.15, 0.2) is 0 Å². The van der Waals surface area contributed by atoms with Crippen molar-refractivity contribution in [2.75, 3.05) is 6.61 Å². The van der Waals surface area contributed by atoms with E-state index in [0.717, 1.165) is 56.0 Å². The fraction of sp³-hybridized carbons (Fsp3) is 0.933. The van der Waals surface area contributed by atoms with Crippen LogP contribution in [0.15, 0.2) is 9.16 Å². The molecule has 0 heterocycles. The van der Waals surface area contributed by atoms with Crippen molar-refractivity contribution in [2.24, 2.45) is 14.6 Å². The lowest BCUT2D eigenvalue weighted by Gasteiger charge is -2.28. The van der Waals surface area contributed by atoms with Crippen molar-refractivity contribution in [2.45, 2.75) is 76.7 Å². The van der Waals surface area contributed by atoms with Crippen molar-refractivity contribution in [1.82, 2.24) is 0 Å². The summed E-state index contributed by atoms with van der Waals surface area (Å²) < 4.78 is 10.8. The van der Waals surface area contributed by atoms with Crippen molar-refractivity contribution in [3.63, 3.8) is 0 Å². The fourth-order valence-electron chi connectivity index (χ4n) is 2.22. The zero-order valence-corrected chi connectivity index (χ0v) is 16.1. The third kappa shape index (κ3) is 11.5. The van der Waals surface area contributed by atoms with Crippen molar-refractivity contribution < 1.29 is 9.53 Å². The van der Waals surface area contributed by atoms with Gasteiger partial charge in [0, 0.05) is 50.0 Å². The average molecular weight is 365 g/mol. The Morgan fingerprint density at radius 2 is 1.70 bits per heavy atom. The van der Waals surface area contributed by atoms with Crippen LogP contribution in [-0.2, 0) is 9.53 Å². The van der Waals surface area contributed by atoms with E-state index in [-0.39, 0.29) is 21.9 Å². The Hall–Kier alpha value is -0.630. The molecular weight excluding hydrogens is 336 g/mol. The third-order valence-electron chi connectivity index (χ3n) is 3.54. The van der Waals surface area contributed by atoms with Gasteiger partial charge < -0.3 is 4.74 Å². The van der Waals surface area contributed by atoms with Gasteiger partial charge in [-0.05, 0) is 38.0 Å². The van der Waals surface area contributed by atoms with Crippen LogP contribution in [0.4, 0.5) is 0 Å². The summed E-state index contributed by atoms with van der Waals surface area (Å²) in [4.78, 5) is 32.4. The van der Waals surface area contributed by atoms with E-state index in [4.69, 9.17) is 4.74 Å². The molecule has 6 nitrogen and oxygen atoms in total. The second-order valence-electron chi connectivity index (χ2n) is 6.46. The molecule has 0 spiro atoms. The van der Waals surface area contributed by atoms with Gasteiger partial charge in [0.1, 0.15) is 0 Å². The van der Waals surface area contributed by atoms with E-state index >= 15 is 0 Å². The second-order valence-corrected chi connectivity index (χ2v) is 8.42. The molecule has 0 aromatic carbocycles. The zero-order valence-electron chi connectivity index (χ0n) is 14.4. The highest BCUT2D eigenvalue weighted by Gasteiger charge is 2.27. The van der Waals surface area contributed by atoms with E-state index in [9.17, 15) is 14.6 Å². The van der Waals surface area contributed by atoms with Crippen LogP contribution in [0.2, 0.25) is 0 Å². The van der Waals surface area contributed by atoms with Gasteiger partial charge in [-0.3, -0.25) is 4.79 Å². The Labute approximate surface area is 147 Å². The Kier molecular flexibility index (Phi) is 12.4. The first-order chi connectivity index (χ1) is 10.8. The van der Waals surface area contributed by atoms with Gasteiger partial charge in [-0.25, -0.2) is 0 Å². The van der Waals surface area contributed by atoms with Crippen LogP contribution in [-0.4, -0.2) is 23.1 Å². The molecule has 0 amide bonds. The van der Waals surface area contributed by atoms with E-state index in [1.54, 1.807) is 6.92 Å². The summed E-state index contributed by atoms with van der Waals surface area (Å²) in [6.07, 6.45) is 4.46. The topological polar surface area (TPSA) is 85.2 Å². The first-order valence-electron chi connectivity index (χ1n) is 7.97. The van der Waals surface area contributed by atoms with E-state index in [0.29, 0.717) is 13.0 Å². The average Bonchev–Trinajstić information content (AvgIpc) is 2.46. The Balaban J connectivity index is 4.21. The maximum atomic E-state index is 11.3. The summed E-state index contributed by atoms with van der Waals surface area (Å²) in [6, 6.07) is 0. The lowest BCUT2D eigenvalue weighted by molar-refractivity contribution is -0.143. The lowest BCUT2D eigenvalue weighted by Crippen LogP contribution is -2.23. The molecule has 0 aromatic rings. The predicted molar refractivity (Wildman–Crippen MR) is 98.1 cm³/mol. The van der Waals surface area contributed by atoms with Gasteiger partial charge >= 0.3 is 5.97 Å². The van der Waals surface area contributed by atoms with E-state index in [1.807, 2.05) is 0 Å². The molecule has 2 atom stereocenters. The SMILES string of the molecule is CCOC(=O)CCCCC(CCC(SN=O)C(C)(C)C)SN=O. The van der Waals surface area contributed by atoms with Crippen molar-refractivity contribution >= 4 is 29.9 Å². The minimum atomic E-state index is -0.175. The van der Waals surface area contributed by atoms with Crippen molar-refractivity contribution in [3.05, 3.63) is 9.81 Å². The number of hydrogen-bond acceptors (Lipinski definition) is 8. The molecule has 0 aromatic heterocycles. The van der Waals surface area contributed by atoms with Crippen LogP contribution < -0.4 is 0 Å². The summed E-state index contributed by atoms with van der Waals surface area (Å²) >= 11 is 2.12. The second kappa shape index (κ2) is 12.8. The van der Waals surface area contributed by atoms with Gasteiger partial charge in [-0.2, -0.15) is 0 Å². The largest absolute Gasteiger partial charge is 0.466 e. The predicted octanol–water partition coefficient (Wildman–Crippen LogP) is 5.50. The summed E-state index contributed by atoms with van der Waals surface area (Å²) in [5.74, 6) is -0.175. The Morgan fingerprint density at radius 3 is 2.22 bits per heavy atom. The summed E-state index contributed by atoms with van der Waals surface area (Å²) in [6.45, 7) is 8.43. The van der Waals surface area contributed by atoms with E-state index in [2.05, 4.69) is 29.9 Å². The number of carbonyl (C=O) groups excluding carboxylic acids is 1. The van der Waals surface area contributed by atoms with Crippen LogP contribution in [0.5, 0.6) is 0 Å². The highest BCUT2D eigenvalue weighted by Crippen LogP contribution is 2.36. The molecule has 0 aliphatic heterocycles. The van der Waals surface area contributed by atoms with Gasteiger partial charge in [-0.15, -0.1) is 9.81 Å². The molecule has 0 aliphatic rings. The lowest BCUT2D eigenvalue weighted by atomic mass is 9.88. The van der Waals surface area contributed by atoms with Gasteiger partial charge in [0.25, 0.3) is 0 Å². The first kappa shape index (κ1) is 22.4. The van der Waals surface area contributed by atoms with Gasteiger partial charge in [-0.1, -0.05) is 27.2 Å². The number of rotatable bonds is 13. The summed E-state index contributed by atoms with van der Waals surface area (Å²) in [7, 11) is 0. The monoisotopic (exact) mass is 364 g/mol. The molecule has 134 valence electrons. The van der Waals surface area contributed by atoms with Crippen molar-refractivity contribution in [1.29, 1.82) is 0 Å². The maximum absolute atomic E-state index is 11.3. The quantitative estimate of drug-likeness (QED) is 0.185. The highest BCUT2D eigenvalue weighted by molar-refractivity contribution is 7.98. The van der Waals surface area contributed by atoms with Crippen LogP contribution in [0.3, 0.4) is 0 Å². The first-order valence-corrected chi connectivity index (χ1v) is 9.65. The van der Waals surface area contributed by atoms with Crippen LogP contribution in [0, 0.1) is 15.2 Å². The number of carbonyl (C=O) groups is 1. The minimum Gasteiger partial charge on any atom is -0.466 e. The Bertz CT molecular complexity index is 362. The molecule has 23 heavy (non-hydrogen) atoms. The Morgan fingerprint density at radius 1 is 1.04 bits per heavy atom. The number of nitroso groups, excluding NO2 is 2. The molecule has 0 fully saturated rings. The molecule has 0 saturated heterocycles. The smallest absolute Gasteiger partial charge is 0.305 e. The van der Waals surface area contributed by atoms with Gasteiger partial charge in [0.2, 0.25) is 0 Å².